The average molecular weight is 250 g/mol. The SMILES string of the molecule is C=C(/C=C\C=C(/C)OC)B1OC(C)(C)C(C)(C)O1. The molecule has 0 radical (unpaired) electrons. The molecule has 1 saturated heterocycles. The fourth-order valence-electron chi connectivity index (χ4n) is 1.45. The van der Waals surface area contributed by atoms with Crippen LogP contribution in [-0.4, -0.2) is 25.4 Å². The summed E-state index contributed by atoms with van der Waals surface area (Å²) in [7, 11) is 1.26. The maximum atomic E-state index is 5.88. The Balaban J connectivity index is 2.66. The van der Waals surface area contributed by atoms with Gasteiger partial charge in [0.1, 0.15) is 0 Å². The Hall–Kier alpha value is -0.995. The van der Waals surface area contributed by atoms with E-state index in [1.54, 1.807) is 7.11 Å². The Morgan fingerprint density at radius 3 is 2.11 bits per heavy atom. The molecule has 1 rings (SSSR count). The van der Waals surface area contributed by atoms with Crippen molar-refractivity contribution in [2.45, 2.75) is 45.8 Å². The van der Waals surface area contributed by atoms with E-state index in [2.05, 4.69) is 6.58 Å². The lowest BCUT2D eigenvalue weighted by atomic mass is 9.79. The Morgan fingerprint density at radius 1 is 1.17 bits per heavy atom. The number of rotatable bonds is 4. The van der Waals surface area contributed by atoms with Crippen molar-refractivity contribution >= 4 is 7.12 Å². The van der Waals surface area contributed by atoms with E-state index in [1.807, 2.05) is 52.8 Å². The molecule has 0 atom stereocenters. The van der Waals surface area contributed by atoms with Crippen molar-refractivity contribution in [1.29, 1.82) is 0 Å². The van der Waals surface area contributed by atoms with Gasteiger partial charge in [-0.3, -0.25) is 0 Å². The van der Waals surface area contributed by atoms with Crippen LogP contribution in [-0.2, 0) is 14.0 Å². The Kier molecular flexibility index (Phi) is 4.46. The van der Waals surface area contributed by atoms with Crippen molar-refractivity contribution in [2.75, 3.05) is 7.11 Å². The molecule has 0 spiro atoms. The van der Waals surface area contributed by atoms with Crippen LogP contribution < -0.4 is 0 Å². The van der Waals surface area contributed by atoms with Crippen molar-refractivity contribution in [3.63, 3.8) is 0 Å². The standard InChI is InChI=1S/C14H23BO3/c1-11(9-8-10-12(2)16-7)15-17-13(3,4)14(5,6)18-15/h8-10H,1H2,2-7H3/b9-8-,12-10+. The van der Waals surface area contributed by atoms with E-state index in [-0.39, 0.29) is 18.3 Å². The van der Waals surface area contributed by atoms with Gasteiger partial charge in [0.2, 0.25) is 0 Å². The fourth-order valence-corrected chi connectivity index (χ4v) is 1.45. The van der Waals surface area contributed by atoms with Gasteiger partial charge in [-0.05, 0) is 46.2 Å². The lowest BCUT2D eigenvalue weighted by Crippen LogP contribution is -2.41. The summed E-state index contributed by atoms with van der Waals surface area (Å²) in [5, 5.41) is 0. The molecule has 1 fully saturated rings. The summed E-state index contributed by atoms with van der Waals surface area (Å²) in [5.74, 6) is 0.841. The zero-order chi connectivity index (χ0) is 14.0. The summed E-state index contributed by atoms with van der Waals surface area (Å²) in [6, 6.07) is 0. The summed E-state index contributed by atoms with van der Waals surface area (Å²) in [6.45, 7) is 14.0. The van der Waals surface area contributed by atoms with Crippen molar-refractivity contribution in [1.82, 2.24) is 0 Å². The molecule has 1 aliphatic heterocycles. The molecule has 0 saturated carbocycles. The van der Waals surface area contributed by atoms with Gasteiger partial charge in [-0.2, -0.15) is 0 Å². The molecule has 0 aromatic rings. The third kappa shape index (κ3) is 3.27. The normalized spacial score (nSPS) is 22.6. The zero-order valence-electron chi connectivity index (χ0n) is 12.2. The maximum Gasteiger partial charge on any atom is 0.494 e. The first-order valence-electron chi connectivity index (χ1n) is 6.13. The minimum atomic E-state index is -0.387. The molecule has 0 bridgehead atoms. The molecule has 3 nitrogen and oxygen atoms in total. The highest BCUT2D eigenvalue weighted by molar-refractivity contribution is 6.55. The predicted molar refractivity (Wildman–Crippen MR) is 75.1 cm³/mol. The highest BCUT2D eigenvalue weighted by atomic mass is 16.7. The second-order valence-corrected chi connectivity index (χ2v) is 5.50. The largest absolute Gasteiger partial charge is 0.501 e. The van der Waals surface area contributed by atoms with Gasteiger partial charge >= 0.3 is 7.12 Å². The van der Waals surface area contributed by atoms with E-state index in [4.69, 9.17) is 14.0 Å². The Bertz CT molecular complexity index is 365. The molecule has 0 N–H and O–H groups in total. The maximum absolute atomic E-state index is 5.88. The highest BCUT2D eigenvalue weighted by Crippen LogP contribution is 2.38. The molecule has 1 heterocycles. The Labute approximate surface area is 111 Å². The number of hydrogen-bond acceptors (Lipinski definition) is 3. The van der Waals surface area contributed by atoms with Crippen LogP contribution in [0.25, 0.3) is 0 Å². The summed E-state index contributed by atoms with van der Waals surface area (Å²) in [4.78, 5) is 0. The van der Waals surface area contributed by atoms with Gasteiger partial charge in [-0.1, -0.05) is 18.7 Å². The molecule has 0 aromatic heterocycles. The van der Waals surface area contributed by atoms with Gasteiger partial charge in [0, 0.05) is 0 Å². The quantitative estimate of drug-likeness (QED) is 0.435. The third-order valence-electron chi connectivity index (χ3n) is 3.52. The van der Waals surface area contributed by atoms with Crippen molar-refractivity contribution < 1.29 is 14.0 Å². The second kappa shape index (κ2) is 5.33. The van der Waals surface area contributed by atoms with Crippen LogP contribution >= 0.6 is 0 Å². The van der Waals surface area contributed by atoms with Crippen LogP contribution in [0, 0.1) is 0 Å². The summed E-state index contributed by atoms with van der Waals surface area (Å²) in [6.07, 6.45) is 5.63. The molecule has 1 aliphatic rings. The van der Waals surface area contributed by atoms with Crippen LogP contribution in [0.3, 0.4) is 0 Å². The van der Waals surface area contributed by atoms with Crippen LogP contribution in [0.4, 0.5) is 0 Å². The minimum absolute atomic E-state index is 0.327. The lowest BCUT2D eigenvalue weighted by molar-refractivity contribution is 0.00578. The van der Waals surface area contributed by atoms with E-state index in [1.165, 1.54) is 0 Å². The van der Waals surface area contributed by atoms with Crippen LogP contribution in [0.2, 0.25) is 0 Å². The molecule has 18 heavy (non-hydrogen) atoms. The number of hydrogen-bond donors (Lipinski definition) is 0. The van der Waals surface area contributed by atoms with E-state index < -0.39 is 0 Å². The highest BCUT2D eigenvalue weighted by Gasteiger charge is 2.51. The Morgan fingerprint density at radius 2 is 1.67 bits per heavy atom. The molecule has 0 unspecified atom stereocenters. The monoisotopic (exact) mass is 250 g/mol. The lowest BCUT2D eigenvalue weighted by Gasteiger charge is -2.32. The molecule has 4 heteroatoms. The van der Waals surface area contributed by atoms with E-state index >= 15 is 0 Å². The molecule has 0 amide bonds. The van der Waals surface area contributed by atoms with E-state index in [0.29, 0.717) is 0 Å². The van der Waals surface area contributed by atoms with Gasteiger partial charge in [0.15, 0.2) is 0 Å². The molecule has 100 valence electrons. The van der Waals surface area contributed by atoms with Crippen molar-refractivity contribution in [3.8, 4) is 0 Å². The van der Waals surface area contributed by atoms with Gasteiger partial charge in [-0.15, -0.1) is 0 Å². The van der Waals surface area contributed by atoms with E-state index in [0.717, 1.165) is 11.2 Å². The fraction of sp³-hybridized carbons (Fsp3) is 0.571. The van der Waals surface area contributed by atoms with Crippen LogP contribution in [0.15, 0.2) is 36.0 Å². The minimum Gasteiger partial charge on any atom is -0.501 e. The van der Waals surface area contributed by atoms with Gasteiger partial charge in [-0.25, -0.2) is 0 Å². The van der Waals surface area contributed by atoms with Crippen LogP contribution in [0.5, 0.6) is 0 Å². The summed E-state index contributed by atoms with van der Waals surface area (Å²) < 4.78 is 16.8. The third-order valence-corrected chi connectivity index (χ3v) is 3.52. The first kappa shape index (κ1) is 15.1. The second-order valence-electron chi connectivity index (χ2n) is 5.50. The van der Waals surface area contributed by atoms with Crippen molar-refractivity contribution in [2.24, 2.45) is 0 Å². The van der Waals surface area contributed by atoms with Gasteiger partial charge in [0.05, 0.1) is 24.1 Å². The first-order valence-corrected chi connectivity index (χ1v) is 6.13. The topological polar surface area (TPSA) is 27.7 Å². The molecule has 0 aliphatic carbocycles. The number of allylic oxidation sites excluding steroid dienone is 5. The van der Waals surface area contributed by atoms with Gasteiger partial charge in [0.25, 0.3) is 0 Å². The summed E-state index contributed by atoms with van der Waals surface area (Å²) in [5.41, 5.74) is 0.147. The number of ether oxygens (including phenoxy) is 1. The van der Waals surface area contributed by atoms with E-state index in [9.17, 15) is 0 Å². The van der Waals surface area contributed by atoms with Gasteiger partial charge < -0.3 is 14.0 Å². The average Bonchev–Trinajstić information content (AvgIpc) is 2.48. The smallest absolute Gasteiger partial charge is 0.494 e. The summed E-state index contributed by atoms with van der Waals surface area (Å²) >= 11 is 0. The molecular formula is C14H23BO3. The van der Waals surface area contributed by atoms with Crippen LogP contribution in [0.1, 0.15) is 34.6 Å². The molecule has 0 aromatic carbocycles. The zero-order valence-corrected chi connectivity index (χ0v) is 12.2. The molecular weight excluding hydrogens is 227 g/mol. The predicted octanol–water partition coefficient (Wildman–Crippen LogP) is 3.28. The van der Waals surface area contributed by atoms with Crippen molar-refractivity contribution in [3.05, 3.63) is 36.0 Å². The first-order chi connectivity index (χ1) is 8.19. The number of methoxy groups -OCH3 is 1.